The quantitative estimate of drug-likeness (QED) is 0.771. The van der Waals surface area contributed by atoms with Gasteiger partial charge in [0.1, 0.15) is 12.4 Å². The molecule has 0 radical (unpaired) electrons. The van der Waals surface area contributed by atoms with Gasteiger partial charge in [-0.15, -0.1) is 0 Å². The fourth-order valence-electron chi connectivity index (χ4n) is 2.98. The minimum absolute atomic E-state index is 0.163. The molecule has 0 N–H and O–H groups in total. The lowest BCUT2D eigenvalue weighted by atomic mass is 9.90. The molecule has 1 aromatic rings. The van der Waals surface area contributed by atoms with Crippen molar-refractivity contribution in [1.82, 2.24) is 4.98 Å². The molecule has 24 heavy (non-hydrogen) atoms. The van der Waals surface area contributed by atoms with Crippen molar-refractivity contribution in [3.8, 4) is 5.75 Å². The van der Waals surface area contributed by atoms with Crippen LogP contribution in [0.4, 0.5) is 0 Å². The third-order valence-electron chi connectivity index (χ3n) is 4.70. The number of nitrogens with zero attached hydrogens (tertiary/aromatic N) is 1. The predicted octanol–water partition coefficient (Wildman–Crippen LogP) is 2.68. The van der Waals surface area contributed by atoms with Gasteiger partial charge in [-0.2, -0.15) is 0 Å². The monoisotopic (exact) mass is 335 g/mol. The molecule has 0 amide bonds. The summed E-state index contributed by atoms with van der Waals surface area (Å²) in [6.07, 6.45) is 4.94. The Hall–Kier alpha value is -1.66. The Morgan fingerprint density at radius 1 is 1.33 bits per heavy atom. The van der Waals surface area contributed by atoms with E-state index in [1.54, 1.807) is 6.20 Å². The van der Waals surface area contributed by atoms with Crippen LogP contribution in [0, 0.1) is 19.8 Å². The number of hydrogen-bond acceptors (Lipinski definition) is 6. The number of esters is 1. The lowest BCUT2D eigenvalue weighted by Gasteiger charge is -2.45. The standard InChI is InChI=1S/C18H25NO5/c1-12-7-19-16(11-21-14(3)20)13(2)17(12)22-8-15-9-23-18(24-10-15)5-4-6-18/h7,15H,4-6,8-11H2,1-3H3. The number of aromatic nitrogens is 1. The normalized spacial score (nSPS) is 19.8. The Morgan fingerprint density at radius 3 is 2.62 bits per heavy atom. The molecule has 6 nitrogen and oxygen atoms in total. The smallest absolute Gasteiger partial charge is 0.303 e. The van der Waals surface area contributed by atoms with Crippen LogP contribution in [0.2, 0.25) is 0 Å². The molecule has 132 valence electrons. The summed E-state index contributed by atoms with van der Waals surface area (Å²) in [4.78, 5) is 15.3. The van der Waals surface area contributed by atoms with Gasteiger partial charge in [-0.3, -0.25) is 9.78 Å². The molecule has 2 fully saturated rings. The van der Waals surface area contributed by atoms with Gasteiger partial charge >= 0.3 is 5.97 Å². The van der Waals surface area contributed by atoms with E-state index in [9.17, 15) is 4.79 Å². The van der Waals surface area contributed by atoms with Crippen molar-refractivity contribution in [3.05, 3.63) is 23.0 Å². The first kappa shape index (κ1) is 17.2. The summed E-state index contributed by atoms with van der Waals surface area (Å²) in [5, 5.41) is 0. The fourth-order valence-corrected chi connectivity index (χ4v) is 2.98. The van der Waals surface area contributed by atoms with Crippen LogP contribution in [-0.4, -0.2) is 36.6 Å². The van der Waals surface area contributed by atoms with E-state index in [0.717, 1.165) is 35.4 Å². The molecular formula is C18H25NO5. The maximum Gasteiger partial charge on any atom is 0.303 e. The lowest BCUT2D eigenvalue weighted by Crippen LogP contribution is -2.50. The van der Waals surface area contributed by atoms with E-state index in [0.29, 0.717) is 19.8 Å². The zero-order valence-electron chi connectivity index (χ0n) is 14.6. The molecule has 6 heteroatoms. The second-order valence-corrected chi connectivity index (χ2v) is 6.69. The molecular weight excluding hydrogens is 310 g/mol. The van der Waals surface area contributed by atoms with Crippen molar-refractivity contribution in [2.45, 2.75) is 52.4 Å². The van der Waals surface area contributed by atoms with Crippen LogP contribution in [0.15, 0.2) is 6.20 Å². The van der Waals surface area contributed by atoms with Crippen molar-refractivity contribution >= 4 is 5.97 Å². The molecule has 1 aliphatic carbocycles. The summed E-state index contributed by atoms with van der Waals surface area (Å²) in [6, 6.07) is 0. The van der Waals surface area contributed by atoms with Crippen LogP contribution in [0.25, 0.3) is 0 Å². The van der Waals surface area contributed by atoms with Crippen LogP contribution >= 0.6 is 0 Å². The van der Waals surface area contributed by atoms with Crippen molar-refractivity contribution in [1.29, 1.82) is 0 Å². The summed E-state index contributed by atoms with van der Waals surface area (Å²) < 4.78 is 22.8. The molecule has 0 bridgehead atoms. The lowest BCUT2D eigenvalue weighted by molar-refractivity contribution is -0.318. The van der Waals surface area contributed by atoms with Gasteiger partial charge in [0.15, 0.2) is 5.79 Å². The predicted molar refractivity (Wildman–Crippen MR) is 86.7 cm³/mol. The van der Waals surface area contributed by atoms with Crippen molar-refractivity contribution in [3.63, 3.8) is 0 Å². The van der Waals surface area contributed by atoms with Crippen LogP contribution in [-0.2, 0) is 25.6 Å². The first-order chi connectivity index (χ1) is 11.5. The largest absolute Gasteiger partial charge is 0.492 e. The Kier molecular flexibility index (Phi) is 5.06. The number of aryl methyl sites for hydroxylation is 1. The van der Waals surface area contributed by atoms with Gasteiger partial charge in [0.2, 0.25) is 0 Å². The van der Waals surface area contributed by atoms with Crippen molar-refractivity contribution in [2.24, 2.45) is 5.92 Å². The molecule has 0 unspecified atom stereocenters. The molecule has 0 aromatic carbocycles. The first-order valence-corrected chi connectivity index (χ1v) is 8.48. The highest BCUT2D eigenvalue weighted by Gasteiger charge is 2.43. The second kappa shape index (κ2) is 7.07. The number of carbonyl (C=O) groups excluding carboxylic acids is 1. The summed E-state index contributed by atoms with van der Waals surface area (Å²) in [5.74, 6) is 0.410. The van der Waals surface area contributed by atoms with Gasteiger partial charge in [0, 0.05) is 43.0 Å². The molecule has 3 rings (SSSR count). The van der Waals surface area contributed by atoms with Gasteiger partial charge in [0.25, 0.3) is 0 Å². The fraction of sp³-hybridized carbons (Fsp3) is 0.667. The van der Waals surface area contributed by atoms with Crippen molar-refractivity contribution < 1.29 is 23.7 Å². The molecule has 2 aliphatic rings. The van der Waals surface area contributed by atoms with E-state index >= 15 is 0 Å². The van der Waals surface area contributed by atoms with E-state index in [1.807, 2.05) is 13.8 Å². The molecule has 1 saturated heterocycles. The highest BCUT2D eigenvalue weighted by molar-refractivity contribution is 5.65. The Labute approximate surface area is 142 Å². The van der Waals surface area contributed by atoms with Crippen molar-refractivity contribution in [2.75, 3.05) is 19.8 Å². The molecule has 1 saturated carbocycles. The Balaban J connectivity index is 1.58. The minimum atomic E-state index is -0.319. The zero-order chi connectivity index (χ0) is 17.2. The van der Waals surface area contributed by atoms with E-state index in [-0.39, 0.29) is 24.3 Å². The number of ether oxygens (including phenoxy) is 4. The van der Waals surface area contributed by atoms with Gasteiger partial charge in [-0.1, -0.05) is 0 Å². The number of carbonyl (C=O) groups is 1. The molecule has 1 spiro atoms. The highest BCUT2D eigenvalue weighted by atomic mass is 16.7. The van der Waals surface area contributed by atoms with Gasteiger partial charge in [-0.25, -0.2) is 0 Å². The van der Waals surface area contributed by atoms with Gasteiger partial charge in [-0.05, 0) is 20.3 Å². The average Bonchev–Trinajstić information content (AvgIpc) is 2.53. The van der Waals surface area contributed by atoms with E-state index < -0.39 is 0 Å². The molecule has 2 heterocycles. The third kappa shape index (κ3) is 3.70. The van der Waals surface area contributed by atoms with E-state index in [4.69, 9.17) is 18.9 Å². The SMILES string of the molecule is CC(=O)OCc1ncc(C)c(OCC2COC3(CCC3)OC2)c1C. The molecule has 1 aliphatic heterocycles. The summed E-state index contributed by atoms with van der Waals surface area (Å²) >= 11 is 0. The van der Waals surface area contributed by atoms with Crippen LogP contribution in [0.1, 0.15) is 43.0 Å². The summed E-state index contributed by atoms with van der Waals surface area (Å²) in [5.41, 5.74) is 2.59. The molecule has 0 atom stereocenters. The van der Waals surface area contributed by atoms with Gasteiger partial charge < -0.3 is 18.9 Å². The average molecular weight is 335 g/mol. The number of hydrogen-bond donors (Lipinski definition) is 0. The number of pyridine rings is 1. The van der Waals surface area contributed by atoms with E-state index in [2.05, 4.69) is 4.98 Å². The maximum absolute atomic E-state index is 11.0. The van der Waals surface area contributed by atoms with Crippen LogP contribution < -0.4 is 4.74 Å². The molecule has 1 aromatic heterocycles. The maximum atomic E-state index is 11.0. The third-order valence-corrected chi connectivity index (χ3v) is 4.70. The minimum Gasteiger partial charge on any atom is -0.492 e. The first-order valence-electron chi connectivity index (χ1n) is 8.48. The second-order valence-electron chi connectivity index (χ2n) is 6.69. The summed E-state index contributed by atoms with van der Waals surface area (Å²) in [6.45, 7) is 7.32. The number of rotatable bonds is 5. The van der Waals surface area contributed by atoms with Crippen LogP contribution in [0.5, 0.6) is 5.75 Å². The Morgan fingerprint density at radius 2 is 2.04 bits per heavy atom. The van der Waals surface area contributed by atoms with E-state index in [1.165, 1.54) is 13.3 Å². The van der Waals surface area contributed by atoms with Gasteiger partial charge in [0.05, 0.1) is 25.5 Å². The zero-order valence-corrected chi connectivity index (χ0v) is 14.6. The topological polar surface area (TPSA) is 66.9 Å². The van der Waals surface area contributed by atoms with Crippen LogP contribution in [0.3, 0.4) is 0 Å². The summed E-state index contributed by atoms with van der Waals surface area (Å²) in [7, 11) is 0. The highest BCUT2D eigenvalue weighted by Crippen LogP contribution is 2.39. The Bertz CT molecular complexity index is 602.